The minimum absolute atomic E-state index is 0.0794. The second-order valence-electron chi connectivity index (χ2n) is 4.25. The summed E-state index contributed by atoms with van der Waals surface area (Å²) in [4.78, 5) is 15.2. The molecule has 1 aliphatic rings. The van der Waals surface area contributed by atoms with Gasteiger partial charge in [-0.15, -0.1) is 6.58 Å². The van der Waals surface area contributed by atoms with E-state index in [1.54, 1.807) is 6.92 Å². The smallest absolute Gasteiger partial charge is 0.351 e. The average molecular weight is 253 g/mol. The van der Waals surface area contributed by atoms with Crippen molar-refractivity contribution in [3.05, 3.63) is 35.4 Å². The molecule has 4 N–H and O–H groups in total. The number of aliphatic hydroxyl groups excluding tert-OH is 1. The van der Waals surface area contributed by atoms with Crippen molar-refractivity contribution >= 4 is 5.82 Å². The summed E-state index contributed by atoms with van der Waals surface area (Å²) in [5.41, 5.74) is 3.12. The summed E-state index contributed by atoms with van der Waals surface area (Å²) in [6.07, 6.45) is -0.464. The van der Waals surface area contributed by atoms with Gasteiger partial charge in [0.1, 0.15) is 17.5 Å². The van der Waals surface area contributed by atoms with Gasteiger partial charge in [0.15, 0.2) is 6.23 Å². The monoisotopic (exact) mass is 253 g/mol. The zero-order valence-electron chi connectivity index (χ0n) is 9.85. The Balaban J connectivity index is 2.42. The molecule has 4 atom stereocenters. The largest absolute Gasteiger partial charge is 0.385 e. The molecule has 0 spiro atoms. The van der Waals surface area contributed by atoms with Crippen LogP contribution in [0.2, 0.25) is 0 Å². The van der Waals surface area contributed by atoms with Crippen LogP contribution in [0.4, 0.5) is 5.82 Å². The van der Waals surface area contributed by atoms with E-state index in [9.17, 15) is 15.0 Å². The van der Waals surface area contributed by atoms with Gasteiger partial charge in [-0.2, -0.15) is 4.98 Å². The van der Waals surface area contributed by atoms with E-state index >= 15 is 0 Å². The first-order valence-corrected chi connectivity index (χ1v) is 5.44. The molecule has 0 aromatic carbocycles. The van der Waals surface area contributed by atoms with E-state index in [-0.39, 0.29) is 5.82 Å². The summed E-state index contributed by atoms with van der Waals surface area (Å²) in [6.45, 7) is 5.05. The van der Waals surface area contributed by atoms with Gasteiger partial charge < -0.3 is 20.7 Å². The van der Waals surface area contributed by atoms with E-state index in [0.717, 1.165) is 4.57 Å². The minimum Gasteiger partial charge on any atom is -0.385 e. The molecule has 0 radical (unpaired) electrons. The van der Waals surface area contributed by atoms with Crippen LogP contribution in [0.5, 0.6) is 0 Å². The lowest BCUT2D eigenvalue weighted by molar-refractivity contribution is -0.0387. The Labute approximate surface area is 103 Å². The molecule has 98 valence electrons. The third-order valence-electron chi connectivity index (χ3n) is 3.19. The number of aromatic nitrogens is 2. The molecule has 7 nitrogen and oxygen atoms in total. The maximum Gasteiger partial charge on any atom is 0.351 e. The van der Waals surface area contributed by atoms with Crippen molar-refractivity contribution in [2.75, 3.05) is 5.73 Å². The maximum atomic E-state index is 11.7. The normalized spacial score (nSPS) is 35.6. The fourth-order valence-corrected chi connectivity index (χ4v) is 1.99. The molecule has 0 amide bonds. The van der Waals surface area contributed by atoms with E-state index in [2.05, 4.69) is 11.6 Å². The Bertz CT molecular complexity index is 529. The summed E-state index contributed by atoms with van der Waals surface area (Å²) < 4.78 is 6.48. The summed E-state index contributed by atoms with van der Waals surface area (Å²) in [6, 6.07) is 1.41. The summed E-state index contributed by atoms with van der Waals surface area (Å²) in [5, 5.41) is 20.2. The van der Waals surface area contributed by atoms with Gasteiger partial charge in [-0.05, 0) is 13.0 Å². The highest BCUT2D eigenvalue weighted by Gasteiger charge is 2.52. The summed E-state index contributed by atoms with van der Waals surface area (Å²) in [7, 11) is 0. The van der Waals surface area contributed by atoms with Crippen molar-refractivity contribution in [3.63, 3.8) is 0 Å². The van der Waals surface area contributed by atoms with Gasteiger partial charge in [-0.25, -0.2) is 4.79 Å². The van der Waals surface area contributed by atoms with Gasteiger partial charge in [0.05, 0.1) is 6.10 Å². The summed E-state index contributed by atoms with van der Waals surface area (Å²) in [5.74, 6) is 0.0794. The molecule has 1 aromatic heterocycles. The number of rotatable bonds is 2. The van der Waals surface area contributed by atoms with Crippen LogP contribution in [0.25, 0.3) is 0 Å². The molecule has 2 heterocycles. The predicted molar refractivity (Wildman–Crippen MR) is 63.6 cm³/mol. The van der Waals surface area contributed by atoms with E-state index in [1.807, 2.05) is 0 Å². The van der Waals surface area contributed by atoms with Gasteiger partial charge in [0.2, 0.25) is 0 Å². The maximum absolute atomic E-state index is 11.7. The highest BCUT2D eigenvalue weighted by atomic mass is 16.6. The Morgan fingerprint density at radius 1 is 1.72 bits per heavy atom. The van der Waals surface area contributed by atoms with Gasteiger partial charge in [0, 0.05) is 6.20 Å². The van der Waals surface area contributed by atoms with Gasteiger partial charge in [-0.1, -0.05) is 6.08 Å². The fourth-order valence-electron chi connectivity index (χ4n) is 1.99. The summed E-state index contributed by atoms with van der Waals surface area (Å²) >= 11 is 0. The van der Waals surface area contributed by atoms with Gasteiger partial charge in [0.25, 0.3) is 0 Å². The number of hydrogen-bond acceptors (Lipinski definition) is 6. The number of nitrogens with zero attached hydrogens (tertiary/aromatic N) is 2. The van der Waals surface area contributed by atoms with Crippen molar-refractivity contribution < 1.29 is 14.9 Å². The van der Waals surface area contributed by atoms with E-state index in [0.29, 0.717) is 0 Å². The molecule has 1 aromatic rings. The van der Waals surface area contributed by atoms with Crippen LogP contribution in [0.1, 0.15) is 13.2 Å². The molecule has 0 saturated carbocycles. The molecular weight excluding hydrogens is 238 g/mol. The molecule has 1 aliphatic heterocycles. The predicted octanol–water partition coefficient (Wildman–Crippen LogP) is -0.979. The van der Waals surface area contributed by atoms with Crippen molar-refractivity contribution in [1.29, 1.82) is 0 Å². The molecule has 1 fully saturated rings. The van der Waals surface area contributed by atoms with Crippen LogP contribution >= 0.6 is 0 Å². The number of aliphatic hydroxyl groups is 2. The van der Waals surface area contributed by atoms with E-state index in [4.69, 9.17) is 10.5 Å². The number of hydrogen-bond donors (Lipinski definition) is 3. The minimum atomic E-state index is -1.61. The number of nitrogens with two attached hydrogens (primary N) is 1. The quantitative estimate of drug-likeness (QED) is 0.584. The lowest BCUT2D eigenvalue weighted by atomic mass is 9.93. The molecule has 0 aliphatic carbocycles. The van der Waals surface area contributed by atoms with Crippen molar-refractivity contribution in [3.8, 4) is 0 Å². The standard InChI is InChI=1S/C11H15N3O4/c1-3-11(17)6(2)18-9(8(11)15)14-5-4-7(12)13-10(14)16/h3-6,8-9,15,17H,1H2,2H3,(H2,12,13,16). The first-order valence-electron chi connectivity index (χ1n) is 5.44. The van der Waals surface area contributed by atoms with Crippen LogP contribution in [0, 0.1) is 0 Å². The Kier molecular flexibility index (Phi) is 2.97. The van der Waals surface area contributed by atoms with Crippen molar-refractivity contribution in [1.82, 2.24) is 9.55 Å². The first-order chi connectivity index (χ1) is 8.40. The number of ether oxygens (including phenoxy) is 1. The van der Waals surface area contributed by atoms with Crippen LogP contribution in [-0.4, -0.2) is 37.6 Å². The van der Waals surface area contributed by atoms with Crippen LogP contribution in [-0.2, 0) is 4.74 Å². The van der Waals surface area contributed by atoms with E-state index < -0.39 is 29.7 Å². The van der Waals surface area contributed by atoms with Crippen LogP contribution in [0.15, 0.2) is 29.7 Å². The Morgan fingerprint density at radius 3 is 2.89 bits per heavy atom. The third-order valence-corrected chi connectivity index (χ3v) is 3.19. The molecular formula is C11H15N3O4. The topological polar surface area (TPSA) is 111 Å². The average Bonchev–Trinajstić information content (AvgIpc) is 2.54. The molecule has 4 unspecified atom stereocenters. The second-order valence-corrected chi connectivity index (χ2v) is 4.25. The molecule has 18 heavy (non-hydrogen) atoms. The zero-order valence-corrected chi connectivity index (χ0v) is 9.85. The zero-order chi connectivity index (χ0) is 13.5. The van der Waals surface area contributed by atoms with Gasteiger partial charge in [-0.3, -0.25) is 4.57 Å². The Morgan fingerprint density at radius 2 is 2.39 bits per heavy atom. The highest BCUT2D eigenvalue weighted by Crippen LogP contribution is 2.36. The van der Waals surface area contributed by atoms with Crippen molar-refractivity contribution in [2.24, 2.45) is 0 Å². The highest BCUT2D eigenvalue weighted by molar-refractivity contribution is 5.24. The lowest BCUT2D eigenvalue weighted by Gasteiger charge is -2.25. The fraction of sp³-hybridized carbons (Fsp3) is 0.455. The SMILES string of the molecule is C=CC1(O)C(C)OC(n2ccc(N)nc2=O)C1O. The molecule has 7 heteroatoms. The lowest BCUT2D eigenvalue weighted by Crippen LogP contribution is -2.45. The first kappa shape index (κ1) is 12.7. The van der Waals surface area contributed by atoms with Gasteiger partial charge >= 0.3 is 5.69 Å². The number of anilines is 1. The Hall–Kier alpha value is -1.70. The molecule has 0 bridgehead atoms. The molecule has 2 rings (SSSR count). The molecule has 1 saturated heterocycles. The second kappa shape index (κ2) is 4.20. The van der Waals surface area contributed by atoms with Crippen molar-refractivity contribution in [2.45, 2.75) is 31.0 Å². The number of nitrogen functional groups attached to an aromatic ring is 1. The van der Waals surface area contributed by atoms with Crippen LogP contribution in [0.3, 0.4) is 0 Å². The third kappa shape index (κ3) is 1.72. The van der Waals surface area contributed by atoms with E-state index in [1.165, 1.54) is 18.3 Å². The van der Waals surface area contributed by atoms with Crippen LogP contribution < -0.4 is 11.4 Å².